The number of aromatic hydroxyl groups is 1. The Morgan fingerprint density at radius 1 is 1.12 bits per heavy atom. The number of phenols is 1. The summed E-state index contributed by atoms with van der Waals surface area (Å²) in [6, 6.07) is 12.9. The smallest absolute Gasteiger partial charge is 0.334 e. The van der Waals surface area contributed by atoms with E-state index in [9.17, 15) is 20.2 Å². The third-order valence-corrected chi connectivity index (χ3v) is 6.54. The molecule has 1 aliphatic heterocycles. The van der Waals surface area contributed by atoms with E-state index in [0.29, 0.717) is 41.8 Å². The van der Waals surface area contributed by atoms with Crippen LogP contribution in [0.3, 0.4) is 0 Å². The first-order valence-electron chi connectivity index (χ1n) is 10.9. The largest absolute Gasteiger partial charge is 0.508 e. The lowest BCUT2D eigenvalue weighted by Gasteiger charge is -2.37. The Kier molecular flexibility index (Phi) is 5.89. The van der Waals surface area contributed by atoms with Gasteiger partial charge >= 0.3 is 5.97 Å². The van der Waals surface area contributed by atoms with E-state index in [0.717, 1.165) is 5.71 Å². The molecule has 4 N–H and O–H groups in total. The molecule has 2 aromatic rings. The van der Waals surface area contributed by atoms with Gasteiger partial charge in [0.25, 0.3) is 0 Å². The van der Waals surface area contributed by atoms with Gasteiger partial charge in [-0.3, -0.25) is 15.7 Å². The minimum Gasteiger partial charge on any atom is -0.508 e. The summed E-state index contributed by atoms with van der Waals surface area (Å²) in [6.45, 7) is 6.07. The molecule has 2 aromatic carbocycles. The molecule has 166 valence electrons. The first-order valence-corrected chi connectivity index (χ1v) is 10.9. The fourth-order valence-corrected chi connectivity index (χ4v) is 5.26. The Bertz CT molecular complexity index is 1160. The molecule has 0 saturated heterocycles. The quantitative estimate of drug-likeness (QED) is 0.492. The summed E-state index contributed by atoms with van der Waals surface area (Å²) in [5, 5.41) is 30.3. The highest BCUT2D eigenvalue weighted by molar-refractivity contribution is 6.09. The maximum Gasteiger partial charge on any atom is 0.334 e. The Morgan fingerprint density at radius 3 is 2.41 bits per heavy atom. The van der Waals surface area contributed by atoms with Crippen molar-refractivity contribution in [2.24, 2.45) is 4.99 Å². The van der Waals surface area contributed by atoms with Crippen LogP contribution in [-0.2, 0) is 4.79 Å². The number of aryl methyl sites for hydroxylation is 2. The number of carbonyl (C=O) groups is 1. The van der Waals surface area contributed by atoms with Gasteiger partial charge in [0, 0.05) is 22.9 Å². The molecule has 1 heterocycles. The molecular formula is C26H28N2O4. The number of rotatable bonds is 5. The van der Waals surface area contributed by atoms with Crippen LogP contribution >= 0.6 is 0 Å². The first-order chi connectivity index (χ1) is 15.3. The minimum atomic E-state index is -1.04. The molecule has 0 aromatic heterocycles. The molecule has 0 saturated carbocycles. The Morgan fingerprint density at radius 2 is 1.81 bits per heavy atom. The van der Waals surface area contributed by atoms with E-state index < -0.39 is 11.9 Å². The lowest BCUT2D eigenvalue weighted by molar-refractivity contribution is -0.133. The lowest BCUT2D eigenvalue weighted by Crippen LogP contribution is -2.33. The van der Waals surface area contributed by atoms with Crippen LogP contribution in [0.25, 0.3) is 0 Å². The number of carboxylic acids is 1. The number of benzene rings is 2. The number of hydroxylamine groups is 1. The van der Waals surface area contributed by atoms with E-state index in [1.54, 1.807) is 18.2 Å². The number of aliphatic imine (C=N–C) groups is 1. The standard InChI is InChI=1S/C26H28N2O4/c1-4-19-25(26(30)31)23(16-9-6-10-18(29)11-16)24-20(27-19)12-17(13-21(24)28-32)22-14(2)7-5-8-15(22)3/h5-11,17,23,28-29,32H,4,12-13H2,1-3H3,(H,30,31). The van der Waals surface area contributed by atoms with Crippen molar-refractivity contribution in [3.05, 3.63) is 87.3 Å². The number of carboxylic acid groups (broad SMARTS) is 1. The van der Waals surface area contributed by atoms with E-state index in [-0.39, 0.29) is 17.2 Å². The Hall–Kier alpha value is -3.38. The lowest BCUT2D eigenvalue weighted by atomic mass is 9.70. The molecule has 2 unspecified atom stereocenters. The van der Waals surface area contributed by atoms with Crippen LogP contribution in [0, 0.1) is 13.8 Å². The van der Waals surface area contributed by atoms with Crippen molar-refractivity contribution in [1.29, 1.82) is 0 Å². The summed E-state index contributed by atoms with van der Waals surface area (Å²) in [6.07, 6.45) is 1.67. The monoisotopic (exact) mass is 432 g/mol. The van der Waals surface area contributed by atoms with Crippen LogP contribution in [0.4, 0.5) is 0 Å². The van der Waals surface area contributed by atoms with Crippen molar-refractivity contribution in [2.75, 3.05) is 0 Å². The van der Waals surface area contributed by atoms with Crippen LogP contribution in [0.5, 0.6) is 5.75 Å². The normalized spacial score (nSPS) is 20.7. The molecule has 1 aliphatic carbocycles. The van der Waals surface area contributed by atoms with Crippen LogP contribution in [-0.4, -0.2) is 27.1 Å². The van der Waals surface area contributed by atoms with Crippen molar-refractivity contribution < 1.29 is 20.2 Å². The van der Waals surface area contributed by atoms with E-state index in [1.165, 1.54) is 16.7 Å². The highest BCUT2D eigenvalue weighted by Gasteiger charge is 2.40. The minimum absolute atomic E-state index is 0.0673. The average Bonchev–Trinajstić information content (AvgIpc) is 2.76. The van der Waals surface area contributed by atoms with Gasteiger partial charge in [-0.1, -0.05) is 37.3 Å². The number of fused-ring (bicyclic) bond motifs is 1. The molecule has 0 bridgehead atoms. The molecule has 0 amide bonds. The van der Waals surface area contributed by atoms with Gasteiger partial charge in [-0.25, -0.2) is 4.79 Å². The second-order valence-electron chi connectivity index (χ2n) is 8.52. The first kappa shape index (κ1) is 21.8. The number of phenolic OH excluding ortho intramolecular Hbond substituents is 1. The number of aliphatic carboxylic acids is 1. The van der Waals surface area contributed by atoms with E-state index >= 15 is 0 Å². The van der Waals surface area contributed by atoms with Crippen molar-refractivity contribution >= 4 is 11.7 Å². The molecule has 0 spiro atoms. The summed E-state index contributed by atoms with van der Waals surface area (Å²) in [5.74, 6) is -1.49. The van der Waals surface area contributed by atoms with Gasteiger partial charge in [0.15, 0.2) is 0 Å². The predicted octanol–water partition coefficient (Wildman–Crippen LogP) is 5.11. The molecule has 6 nitrogen and oxygen atoms in total. The van der Waals surface area contributed by atoms with Crippen LogP contribution < -0.4 is 5.48 Å². The van der Waals surface area contributed by atoms with E-state index in [2.05, 4.69) is 31.5 Å². The van der Waals surface area contributed by atoms with Crippen molar-refractivity contribution in [2.45, 2.75) is 51.9 Å². The summed E-state index contributed by atoms with van der Waals surface area (Å²) in [5.41, 5.74) is 9.42. The summed E-state index contributed by atoms with van der Waals surface area (Å²) >= 11 is 0. The van der Waals surface area contributed by atoms with Crippen LogP contribution in [0.1, 0.15) is 60.3 Å². The third kappa shape index (κ3) is 3.71. The zero-order valence-electron chi connectivity index (χ0n) is 18.5. The van der Waals surface area contributed by atoms with E-state index in [1.807, 2.05) is 19.1 Å². The second kappa shape index (κ2) is 8.63. The number of nitrogens with zero attached hydrogens (tertiary/aromatic N) is 1. The van der Waals surface area contributed by atoms with E-state index in [4.69, 9.17) is 4.99 Å². The Balaban J connectivity index is 1.94. The topological polar surface area (TPSA) is 102 Å². The van der Waals surface area contributed by atoms with Gasteiger partial charge < -0.3 is 10.2 Å². The van der Waals surface area contributed by atoms with Gasteiger partial charge in [0.1, 0.15) is 5.75 Å². The van der Waals surface area contributed by atoms with Gasteiger partial charge in [-0.05, 0) is 73.4 Å². The molecule has 0 radical (unpaired) electrons. The van der Waals surface area contributed by atoms with Crippen LogP contribution in [0.2, 0.25) is 0 Å². The Labute approximate surface area is 187 Å². The maximum atomic E-state index is 12.3. The van der Waals surface area contributed by atoms with Crippen molar-refractivity contribution in [1.82, 2.24) is 5.48 Å². The fourth-order valence-electron chi connectivity index (χ4n) is 5.26. The molecule has 2 aliphatic rings. The fraction of sp³-hybridized carbons (Fsp3) is 0.308. The third-order valence-electron chi connectivity index (χ3n) is 6.54. The molecule has 0 fully saturated rings. The van der Waals surface area contributed by atoms with Gasteiger partial charge in [0.2, 0.25) is 0 Å². The highest BCUT2D eigenvalue weighted by atomic mass is 16.5. The molecule has 6 heteroatoms. The summed E-state index contributed by atoms with van der Waals surface area (Å²) in [7, 11) is 0. The highest BCUT2D eigenvalue weighted by Crippen LogP contribution is 2.47. The summed E-state index contributed by atoms with van der Waals surface area (Å²) in [4.78, 5) is 17.1. The van der Waals surface area contributed by atoms with Gasteiger partial charge in [-0.15, -0.1) is 0 Å². The van der Waals surface area contributed by atoms with Crippen LogP contribution in [0.15, 0.2) is 70.0 Å². The number of hydrogen-bond acceptors (Lipinski definition) is 5. The number of hydrogen-bond donors (Lipinski definition) is 4. The van der Waals surface area contributed by atoms with Crippen molar-refractivity contribution in [3.8, 4) is 5.75 Å². The summed E-state index contributed by atoms with van der Waals surface area (Å²) < 4.78 is 0. The number of allylic oxidation sites excluding steroid dienone is 3. The number of nitrogens with one attached hydrogen (secondary N) is 1. The SMILES string of the molecule is CCC1=C(C(=O)O)C(c2cccc(O)c2)C2=C(NO)CC(c3c(C)cccc3C)CC2=N1. The van der Waals surface area contributed by atoms with Gasteiger partial charge in [0.05, 0.1) is 11.3 Å². The zero-order valence-corrected chi connectivity index (χ0v) is 18.5. The van der Waals surface area contributed by atoms with Crippen molar-refractivity contribution in [3.63, 3.8) is 0 Å². The molecule has 4 rings (SSSR count). The molecule has 2 atom stereocenters. The molecular weight excluding hydrogens is 404 g/mol. The second-order valence-corrected chi connectivity index (χ2v) is 8.52. The zero-order chi connectivity index (χ0) is 23.0. The predicted molar refractivity (Wildman–Crippen MR) is 123 cm³/mol. The maximum absolute atomic E-state index is 12.3. The molecule has 32 heavy (non-hydrogen) atoms. The van der Waals surface area contributed by atoms with Gasteiger partial charge in [-0.2, -0.15) is 0 Å². The average molecular weight is 433 g/mol.